The second-order valence-electron chi connectivity index (χ2n) is 10.1. The Balaban J connectivity index is 5.26. The molecule has 0 radical (unpaired) electrons. The SMILES string of the molecule is CC(C)CCC(CC(C)CC(O)(C(F)(F)F)C(F)(F)F)CC(C)C(C)CC(C)C. The predicted octanol–water partition coefficient (Wildman–Crippen LogP) is 8.02. The van der Waals surface area contributed by atoms with Gasteiger partial charge >= 0.3 is 12.4 Å². The van der Waals surface area contributed by atoms with Crippen molar-refractivity contribution in [1.29, 1.82) is 0 Å². The van der Waals surface area contributed by atoms with E-state index in [0.717, 1.165) is 25.7 Å². The molecular weight excluding hydrogens is 394 g/mol. The molecule has 0 aromatic carbocycles. The van der Waals surface area contributed by atoms with Gasteiger partial charge in [0.15, 0.2) is 0 Å². The summed E-state index contributed by atoms with van der Waals surface area (Å²) in [5, 5.41) is 9.50. The fraction of sp³-hybridized carbons (Fsp3) is 1.00. The Bertz CT molecular complexity index is 441. The minimum absolute atomic E-state index is 0.0442. The zero-order chi connectivity index (χ0) is 23.2. The lowest BCUT2D eigenvalue weighted by atomic mass is 9.76. The topological polar surface area (TPSA) is 20.2 Å². The van der Waals surface area contributed by atoms with E-state index in [1.165, 1.54) is 6.92 Å². The van der Waals surface area contributed by atoms with E-state index in [1.54, 1.807) is 0 Å². The third kappa shape index (κ3) is 9.48. The molecule has 0 rings (SSSR count). The van der Waals surface area contributed by atoms with Crippen molar-refractivity contribution >= 4 is 0 Å². The molecule has 1 N–H and O–H groups in total. The number of rotatable bonds is 12. The average molecular weight is 435 g/mol. The molecule has 4 atom stereocenters. The zero-order valence-corrected chi connectivity index (χ0v) is 18.9. The van der Waals surface area contributed by atoms with Crippen LogP contribution in [0, 0.1) is 35.5 Å². The van der Waals surface area contributed by atoms with Gasteiger partial charge in [-0.15, -0.1) is 0 Å². The Morgan fingerprint density at radius 3 is 1.45 bits per heavy atom. The first kappa shape index (κ1) is 28.5. The van der Waals surface area contributed by atoms with E-state index in [1.807, 2.05) is 0 Å². The summed E-state index contributed by atoms with van der Waals surface area (Å²) >= 11 is 0. The molecule has 0 heterocycles. The van der Waals surface area contributed by atoms with Crippen LogP contribution in [0.4, 0.5) is 26.3 Å². The average Bonchev–Trinajstić information content (AvgIpc) is 2.49. The summed E-state index contributed by atoms with van der Waals surface area (Å²) in [5.41, 5.74) is -4.65. The van der Waals surface area contributed by atoms with Gasteiger partial charge in [-0.2, -0.15) is 26.3 Å². The van der Waals surface area contributed by atoms with Gasteiger partial charge in [0.1, 0.15) is 0 Å². The first-order valence-corrected chi connectivity index (χ1v) is 10.8. The second kappa shape index (κ2) is 11.2. The summed E-state index contributed by atoms with van der Waals surface area (Å²) in [4.78, 5) is 0. The van der Waals surface area contributed by atoms with Gasteiger partial charge in [0.05, 0.1) is 0 Å². The molecule has 4 unspecified atom stereocenters. The minimum Gasteiger partial charge on any atom is -0.374 e. The standard InChI is InChI=1S/C22H40F6O/c1-14(2)8-9-19(12-18(7)17(6)10-15(3)4)11-16(5)13-20(29,21(23,24)25)22(26,27)28/h14-19,29H,8-13H2,1-7H3. The molecule has 0 spiro atoms. The van der Waals surface area contributed by atoms with Crippen LogP contribution in [0.3, 0.4) is 0 Å². The van der Waals surface area contributed by atoms with Gasteiger partial charge in [0.25, 0.3) is 5.60 Å². The highest BCUT2D eigenvalue weighted by Gasteiger charge is 2.70. The monoisotopic (exact) mass is 434 g/mol. The first-order valence-electron chi connectivity index (χ1n) is 10.8. The van der Waals surface area contributed by atoms with Crippen LogP contribution in [0.15, 0.2) is 0 Å². The van der Waals surface area contributed by atoms with Gasteiger partial charge in [-0.05, 0) is 61.2 Å². The molecule has 0 bridgehead atoms. The maximum Gasteiger partial charge on any atom is 0.426 e. The smallest absolute Gasteiger partial charge is 0.374 e. The lowest BCUT2D eigenvalue weighted by molar-refractivity contribution is -0.372. The van der Waals surface area contributed by atoms with Crippen LogP contribution in [0.1, 0.15) is 87.0 Å². The number of halogens is 6. The van der Waals surface area contributed by atoms with Crippen LogP contribution >= 0.6 is 0 Å². The van der Waals surface area contributed by atoms with Crippen molar-refractivity contribution < 1.29 is 31.4 Å². The highest BCUT2D eigenvalue weighted by Crippen LogP contribution is 2.47. The lowest BCUT2D eigenvalue weighted by Gasteiger charge is -2.35. The summed E-state index contributed by atoms with van der Waals surface area (Å²) in [6.45, 7) is 14.0. The fourth-order valence-corrected chi connectivity index (χ4v) is 4.18. The molecule has 7 heteroatoms. The summed E-state index contributed by atoms with van der Waals surface area (Å²) in [7, 11) is 0. The van der Waals surface area contributed by atoms with Gasteiger partial charge in [0.2, 0.25) is 0 Å². The van der Waals surface area contributed by atoms with E-state index in [0.29, 0.717) is 23.7 Å². The van der Waals surface area contributed by atoms with Crippen molar-refractivity contribution in [2.24, 2.45) is 35.5 Å². The molecule has 0 fully saturated rings. The molecule has 0 aliphatic rings. The van der Waals surface area contributed by atoms with E-state index in [-0.39, 0.29) is 12.3 Å². The molecule has 176 valence electrons. The third-order valence-electron chi connectivity index (χ3n) is 5.99. The summed E-state index contributed by atoms with van der Waals surface area (Å²) in [6, 6.07) is 0. The number of aliphatic hydroxyl groups is 1. The fourth-order valence-electron chi connectivity index (χ4n) is 4.18. The van der Waals surface area contributed by atoms with Crippen LogP contribution in [-0.2, 0) is 0 Å². The van der Waals surface area contributed by atoms with Crippen molar-refractivity contribution in [1.82, 2.24) is 0 Å². The van der Waals surface area contributed by atoms with Crippen molar-refractivity contribution in [3.05, 3.63) is 0 Å². The number of hydrogen-bond donors (Lipinski definition) is 1. The van der Waals surface area contributed by atoms with Crippen LogP contribution in [0.2, 0.25) is 0 Å². The second-order valence-corrected chi connectivity index (χ2v) is 10.1. The molecule has 0 aliphatic heterocycles. The van der Waals surface area contributed by atoms with Crippen molar-refractivity contribution in [3.63, 3.8) is 0 Å². The molecular formula is C22H40F6O. The van der Waals surface area contributed by atoms with E-state index in [4.69, 9.17) is 0 Å². The molecule has 1 nitrogen and oxygen atoms in total. The lowest BCUT2D eigenvalue weighted by Crippen LogP contribution is -2.57. The van der Waals surface area contributed by atoms with Gasteiger partial charge in [0, 0.05) is 0 Å². The molecule has 0 saturated heterocycles. The Hall–Kier alpha value is -0.460. The van der Waals surface area contributed by atoms with Crippen molar-refractivity contribution in [2.45, 2.75) is 105 Å². The van der Waals surface area contributed by atoms with Crippen LogP contribution in [0.5, 0.6) is 0 Å². The largest absolute Gasteiger partial charge is 0.426 e. The Labute approximate surface area is 172 Å². The van der Waals surface area contributed by atoms with Crippen LogP contribution in [-0.4, -0.2) is 23.1 Å². The number of hydrogen-bond acceptors (Lipinski definition) is 1. The number of alkyl halides is 6. The highest BCUT2D eigenvalue weighted by molar-refractivity contribution is 4.95. The van der Waals surface area contributed by atoms with Crippen LogP contribution < -0.4 is 0 Å². The quantitative estimate of drug-likeness (QED) is 0.308. The summed E-state index contributed by atoms with van der Waals surface area (Å²) in [5.74, 6) is 0.878. The Morgan fingerprint density at radius 1 is 0.621 bits per heavy atom. The molecule has 29 heavy (non-hydrogen) atoms. The van der Waals surface area contributed by atoms with Gasteiger partial charge in [-0.25, -0.2) is 0 Å². The maximum absolute atomic E-state index is 13.0. The van der Waals surface area contributed by atoms with E-state index >= 15 is 0 Å². The van der Waals surface area contributed by atoms with E-state index < -0.39 is 30.3 Å². The first-order chi connectivity index (χ1) is 12.9. The highest BCUT2D eigenvalue weighted by atomic mass is 19.4. The molecule has 0 aromatic rings. The predicted molar refractivity (Wildman–Crippen MR) is 105 cm³/mol. The molecule has 0 saturated carbocycles. The normalized spacial score (nSPS) is 18.2. The zero-order valence-electron chi connectivity index (χ0n) is 18.9. The Kier molecular flexibility index (Phi) is 11.1. The summed E-state index contributed by atoms with van der Waals surface area (Å²) in [6.07, 6.45) is -9.12. The van der Waals surface area contributed by atoms with Crippen LogP contribution in [0.25, 0.3) is 0 Å². The summed E-state index contributed by atoms with van der Waals surface area (Å²) < 4.78 is 78.1. The van der Waals surface area contributed by atoms with Gasteiger partial charge in [-0.3, -0.25) is 0 Å². The van der Waals surface area contributed by atoms with Crippen molar-refractivity contribution in [2.75, 3.05) is 0 Å². The molecule has 0 amide bonds. The van der Waals surface area contributed by atoms with E-state index in [9.17, 15) is 31.4 Å². The van der Waals surface area contributed by atoms with Gasteiger partial charge in [-0.1, -0.05) is 61.3 Å². The van der Waals surface area contributed by atoms with E-state index in [2.05, 4.69) is 41.5 Å². The van der Waals surface area contributed by atoms with Gasteiger partial charge < -0.3 is 5.11 Å². The minimum atomic E-state index is -5.74. The molecule has 0 aliphatic carbocycles. The Morgan fingerprint density at radius 2 is 1.07 bits per heavy atom. The van der Waals surface area contributed by atoms with Crippen molar-refractivity contribution in [3.8, 4) is 0 Å². The third-order valence-corrected chi connectivity index (χ3v) is 5.99. The maximum atomic E-state index is 13.0. The molecule has 0 aromatic heterocycles.